The summed E-state index contributed by atoms with van der Waals surface area (Å²) in [7, 11) is 0. The normalized spacial score (nSPS) is 12.9. The minimum Gasteiger partial charge on any atom is -0.456 e. The molecule has 534 valence electrons. The Labute approximate surface area is 667 Å². The van der Waals surface area contributed by atoms with E-state index in [4.69, 9.17) is 4.42 Å². The Hall–Kier alpha value is -14.4. The molecule has 0 atom stereocenters. The molecule has 22 rings (SSSR count). The van der Waals surface area contributed by atoms with Gasteiger partial charge in [-0.15, -0.1) is 11.3 Å². The number of hydrogen-bond donors (Lipinski definition) is 0. The predicted molar refractivity (Wildman–Crippen MR) is 478 cm³/mol. The van der Waals surface area contributed by atoms with E-state index in [2.05, 4.69) is 447 Å². The second-order valence-corrected chi connectivity index (χ2v) is 31.2. The monoisotopic (exact) mass is 1470 g/mol. The summed E-state index contributed by atoms with van der Waals surface area (Å²) in [5.74, 6) is 0. The Bertz CT molecular complexity index is 6990. The van der Waals surface area contributed by atoms with E-state index < -0.39 is 10.8 Å². The van der Waals surface area contributed by atoms with E-state index in [-0.39, 0.29) is 0 Å². The van der Waals surface area contributed by atoms with Gasteiger partial charge in [0.1, 0.15) is 11.2 Å². The molecule has 2 heterocycles. The minimum atomic E-state index is -0.585. The highest BCUT2D eigenvalue weighted by molar-refractivity contribution is 7.25. The van der Waals surface area contributed by atoms with Gasteiger partial charge in [-0.3, -0.25) is 0 Å². The molecule has 0 saturated carbocycles. The van der Waals surface area contributed by atoms with Crippen LogP contribution in [0.15, 0.2) is 441 Å². The summed E-state index contributed by atoms with van der Waals surface area (Å²) in [5, 5.41) is 4.66. The van der Waals surface area contributed by atoms with Crippen molar-refractivity contribution in [3.8, 4) is 77.9 Å². The molecule has 114 heavy (non-hydrogen) atoms. The molecule has 4 heteroatoms. The molecule has 20 aromatic rings. The van der Waals surface area contributed by atoms with Gasteiger partial charge in [-0.2, -0.15) is 0 Å². The third kappa shape index (κ3) is 10.8. The summed E-state index contributed by atoms with van der Waals surface area (Å²) in [5.41, 5.74) is 33.3. The van der Waals surface area contributed by atoms with Crippen molar-refractivity contribution in [3.05, 3.63) is 481 Å². The van der Waals surface area contributed by atoms with Crippen molar-refractivity contribution in [1.29, 1.82) is 0 Å². The number of benzene rings is 18. The first kappa shape index (κ1) is 66.6. The van der Waals surface area contributed by atoms with Gasteiger partial charge in [0.05, 0.1) is 16.5 Å². The van der Waals surface area contributed by atoms with E-state index in [0.29, 0.717) is 0 Å². The molecule has 0 aliphatic heterocycles. The van der Waals surface area contributed by atoms with Crippen LogP contribution in [0.2, 0.25) is 0 Å². The summed E-state index contributed by atoms with van der Waals surface area (Å²) < 4.78 is 9.51. The van der Waals surface area contributed by atoms with E-state index in [9.17, 15) is 0 Å². The van der Waals surface area contributed by atoms with Crippen LogP contribution in [-0.4, -0.2) is 0 Å². The number of thiophene rings is 1. The van der Waals surface area contributed by atoms with Crippen LogP contribution >= 0.6 is 11.3 Å². The van der Waals surface area contributed by atoms with Crippen LogP contribution in [0.5, 0.6) is 0 Å². The first-order valence-electron chi connectivity index (χ1n) is 39.2. The summed E-state index contributed by atoms with van der Waals surface area (Å²) in [6, 6.07) is 162. The van der Waals surface area contributed by atoms with Crippen molar-refractivity contribution < 1.29 is 4.42 Å². The second kappa shape index (κ2) is 27.3. The van der Waals surface area contributed by atoms with Crippen LogP contribution in [0.1, 0.15) is 44.5 Å². The van der Waals surface area contributed by atoms with Gasteiger partial charge in [0, 0.05) is 64.9 Å². The predicted octanol–water partition coefficient (Wildman–Crippen LogP) is 30.0. The van der Waals surface area contributed by atoms with E-state index >= 15 is 0 Å². The molecule has 2 aliphatic carbocycles. The maximum Gasteiger partial charge on any atom is 0.136 e. The van der Waals surface area contributed by atoms with Gasteiger partial charge >= 0.3 is 0 Å². The second-order valence-electron chi connectivity index (χ2n) is 30.1. The fourth-order valence-corrected chi connectivity index (χ4v) is 20.0. The molecule has 0 amide bonds. The SMILES string of the molecule is c1ccc(-c2ccc(-c3ccc(N(c4ccc5c(c4)C(c4ccccc4)(c4ccccc4)c4ccccc4-5)c4ccc5oc6cc(-c7ccc(-c8cccc(N(c9ccc%10c(c9)C(c9ccccc9)(c9ccccc9)c9ccccc9-%10)c9ccccc9-c9ccc%10sc%11ccccc%11c%10c9)c8)cc7)ccc6c5c4)cc3)cc2)cc1. The highest BCUT2D eigenvalue weighted by atomic mass is 32.1. The average Bonchev–Trinajstić information content (AvgIpc) is 1.54. The minimum absolute atomic E-state index is 0.576. The zero-order valence-corrected chi connectivity index (χ0v) is 63.1. The Morgan fingerprint density at radius 2 is 0.588 bits per heavy atom. The Morgan fingerprint density at radius 3 is 1.17 bits per heavy atom. The van der Waals surface area contributed by atoms with Crippen molar-refractivity contribution in [2.75, 3.05) is 9.80 Å². The third-order valence-corrected chi connectivity index (χ3v) is 25.2. The quantitative estimate of drug-likeness (QED) is 0.102. The highest BCUT2D eigenvalue weighted by Crippen LogP contribution is 2.60. The molecule has 3 nitrogen and oxygen atoms in total. The van der Waals surface area contributed by atoms with Gasteiger partial charge in [-0.1, -0.05) is 334 Å². The Balaban J connectivity index is 0.634. The summed E-state index contributed by atoms with van der Waals surface area (Å²) >= 11 is 1.86. The lowest BCUT2D eigenvalue weighted by atomic mass is 9.67. The third-order valence-electron chi connectivity index (χ3n) is 24.1. The van der Waals surface area contributed by atoms with E-state index in [0.717, 1.165) is 95.0 Å². The van der Waals surface area contributed by atoms with Crippen molar-refractivity contribution in [2.45, 2.75) is 10.8 Å². The van der Waals surface area contributed by atoms with Crippen LogP contribution in [0, 0.1) is 0 Å². The van der Waals surface area contributed by atoms with Gasteiger partial charge in [0.25, 0.3) is 0 Å². The van der Waals surface area contributed by atoms with Crippen LogP contribution in [-0.2, 0) is 10.8 Å². The largest absolute Gasteiger partial charge is 0.456 e. The van der Waals surface area contributed by atoms with Crippen molar-refractivity contribution in [3.63, 3.8) is 0 Å². The zero-order chi connectivity index (χ0) is 75.3. The van der Waals surface area contributed by atoms with Crippen molar-refractivity contribution >= 4 is 87.6 Å². The highest BCUT2D eigenvalue weighted by Gasteiger charge is 2.48. The van der Waals surface area contributed by atoms with Crippen LogP contribution < -0.4 is 9.80 Å². The lowest BCUT2D eigenvalue weighted by Crippen LogP contribution is -2.28. The number of hydrogen-bond acceptors (Lipinski definition) is 4. The molecule has 18 aromatic carbocycles. The van der Waals surface area contributed by atoms with Crippen molar-refractivity contribution in [2.24, 2.45) is 0 Å². The van der Waals surface area contributed by atoms with E-state index in [1.807, 2.05) is 11.3 Å². The van der Waals surface area contributed by atoms with E-state index in [1.54, 1.807) is 0 Å². The molecule has 2 aromatic heterocycles. The van der Waals surface area contributed by atoms with Crippen LogP contribution in [0.3, 0.4) is 0 Å². The number of nitrogens with zero attached hydrogens (tertiary/aromatic N) is 2. The molecule has 0 spiro atoms. The lowest BCUT2D eigenvalue weighted by Gasteiger charge is -2.35. The van der Waals surface area contributed by atoms with Gasteiger partial charge in [-0.25, -0.2) is 0 Å². The molecular formula is C110H72N2OS. The molecule has 0 fully saturated rings. The average molecular weight is 1470 g/mol. The fourth-order valence-electron chi connectivity index (χ4n) is 18.9. The van der Waals surface area contributed by atoms with Gasteiger partial charge in [-0.05, 0) is 220 Å². The zero-order valence-electron chi connectivity index (χ0n) is 62.3. The Kier molecular flexibility index (Phi) is 15.9. The van der Waals surface area contributed by atoms with Gasteiger partial charge in [0.2, 0.25) is 0 Å². The maximum atomic E-state index is 6.93. The fraction of sp³-hybridized carbons (Fsp3) is 0.0182. The standard InChI is InChI=1S/C110H72N2OS/c1-6-25-73(26-7-1)74-45-47-75(48-46-74)76-53-57-86(58-54-76)111(89-59-63-94-92-38-16-20-41-100(92)109(102(94)71-89,82-28-8-2-9-29-82)83-30-10-3-11-31-83)88-61-65-105-98(70-88)96-62-55-80(69-106(96)113-105)78-51-49-77(50-52-78)79-27-24-36-87(67-79)112(104-43-22-18-37-91(104)81-56-66-108-99(68-81)97-40-19-23-44-107(97)114-108)90-60-64-95-93-39-17-21-42-101(93)110(103(95)72-90,84-32-12-4-13-33-84)85-34-14-5-15-35-85/h1-72H. The molecular weight excluding hydrogens is 1400 g/mol. The molecule has 2 aliphatic rings. The van der Waals surface area contributed by atoms with Crippen molar-refractivity contribution in [1.82, 2.24) is 0 Å². The summed E-state index contributed by atoms with van der Waals surface area (Å²) in [6.07, 6.45) is 0. The smallest absolute Gasteiger partial charge is 0.136 e. The maximum absolute atomic E-state index is 6.93. The van der Waals surface area contributed by atoms with Crippen LogP contribution in [0.4, 0.5) is 34.1 Å². The Morgan fingerprint density at radius 1 is 0.193 bits per heavy atom. The van der Waals surface area contributed by atoms with Gasteiger partial charge < -0.3 is 14.2 Å². The lowest BCUT2D eigenvalue weighted by molar-refractivity contribution is 0.669. The molecule has 0 unspecified atom stereocenters. The van der Waals surface area contributed by atoms with Crippen LogP contribution in [0.25, 0.3) is 120 Å². The molecule has 0 saturated heterocycles. The molecule has 0 bridgehead atoms. The number of rotatable bonds is 15. The van der Waals surface area contributed by atoms with E-state index in [1.165, 1.54) is 104 Å². The first-order chi connectivity index (χ1) is 56.5. The molecule has 0 N–H and O–H groups in total. The number of fused-ring (bicyclic) bond motifs is 12. The number of anilines is 6. The van der Waals surface area contributed by atoms with Gasteiger partial charge in [0.15, 0.2) is 0 Å². The number of furan rings is 1. The summed E-state index contributed by atoms with van der Waals surface area (Å²) in [4.78, 5) is 4.92. The topological polar surface area (TPSA) is 19.6 Å². The number of para-hydroxylation sites is 1. The summed E-state index contributed by atoms with van der Waals surface area (Å²) in [6.45, 7) is 0. The molecule has 0 radical (unpaired) electrons. The first-order valence-corrected chi connectivity index (χ1v) is 40.1.